The molecule has 0 aliphatic heterocycles. The molecule has 1 aromatic carbocycles. The van der Waals surface area contributed by atoms with Gasteiger partial charge in [0.15, 0.2) is 5.13 Å². The molecular weight excluding hydrogens is 464 g/mol. The van der Waals surface area contributed by atoms with Gasteiger partial charge < -0.3 is 10.1 Å². The molecule has 0 saturated heterocycles. The zero-order chi connectivity index (χ0) is 22.4. The van der Waals surface area contributed by atoms with Crippen LogP contribution in [0.25, 0.3) is 0 Å². The summed E-state index contributed by atoms with van der Waals surface area (Å²) in [5.74, 6) is -1.27. The number of aromatic nitrogens is 1. The Bertz CT molecular complexity index is 1190. The van der Waals surface area contributed by atoms with Crippen LogP contribution in [0.5, 0.6) is 0 Å². The van der Waals surface area contributed by atoms with Crippen molar-refractivity contribution in [2.45, 2.75) is 11.8 Å². The Kier molecular flexibility index (Phi) is 6.99. The van der Waals surface area contributed by atoms with Crippen molar-refractivity contribution in [3.8, 4) is 0 Å². The molecule has 0 spiro atoms. The van der Waals surface area contributed by atoms with Crippen molar-refractivity contribution < 1.29 is 27.5 Å². The van der Waals surface area contributed by atoms with Gasteiger partial charge in [0.05, 0.1) is 17.1 Å². The molecule has 3 aromatic rings. The molecule has 0 aliphatic carbocycles. The minimum absolute atomic E-state index is 0.0372. The second-order valence-electron chi connectivity index (χ2n) is 5.76. The standard InChI is InChI=1S/C18H16N4O6S3/c1-2-28-18(25)21-15(24)13-7-9-29-16(13)20-14(23)11-3-5-12(6-4-11)31(26,27)22-17-19-8-10-30-17/h3-10H,2H2,1H3,(H,19,22)(H,20,23)(H,21,24,25). The fourth-order valence-corrected chi connectivity index (χ4v) is 4.89. The highest BCUT2D eigenvalue weighted by molar-refractivity contribution is 7.93. The number of alkyl carbamates (subject to hydrolysis) is 1. The van der Waals surface area contributed by atoms with Crippen molar-refractivity contribution in [3.63, 3.8) is 0 Å². The van der Waals surface area contributed by atoms with Gasteiger partial charge in [-0.1, -0.05) is 0 Å². The molecule has 0 atom stereocenters. The first-order valence-electron chi connectivity index (χ1n) is 8.69. The van der Waals surface area contributed by atoms with Crippen molar-refractivity contribution in [2.75, 3.05) is 16.6 Å². The molecule has 13 heteroatoms. The third kappa shape index (κ3) is 5.65. The van der Waals surface area contributed by atoms with Gasteiger partial charge in [0.2, 0.25) is 0 Å². The predicted octanol–water partition coefficient (Wildman–Crippen LogP) is 3.14. The van der Waals surface area contributed by atoms with Crippen molar-refractivity contribution in [1.29, 1.82) is 0 Å². The van der Waals surface area contributed by atoms with Gasteiger partial charge in [-0.2, -0.15) is 0 Å². The highest BCUT2D eigenvalue weighted by atomic mass is 32.2. The molecule has 3 amide bonds. The van der Waals surface area contributed by atoms with E-state index in [1.165, 1.54) is 36.5 Å². The van der Waals surface area contributed by atoms with Crippen LogP contribution in [0, 0.1) is 0 Å². The number of amides is 3. The van der Waals surface area contributed by atoms with E-state index in [0.29, 0.717) is 0 Å². The van der Waals surface area contributed by atoms with E-state index in [4.69, 9.17) is 0 Å². The number of anilines is 2. The molecule has 0 aliphatic rings. The minimum atomic E-state index is -3.84. The van der Waals surface area contributed by atoms with Crippen molar-refractivity contribution >= 4 is 60.7 Å². The number of nitrogens with zero attached hydrogens (tertiary/aromatic N) is 1. The van der Waals surface area contributed by atoms with Gasteiger partial charge in [-0.3, -0.25) is 19.6 Å². The fourth-order valence-electron chi connectivity index (χ4n) is 2.32. The first-order chi connectivity index (χ1) is 14.8. The third-order valence-corrected chi connectivity index (χ3v) is 6.71. The number of sulfonamides is 1. The number of carbonyl (C=O) groups is 3. The summed E-state index contributed by atoms with van der Waals surface area (Å²) in [6.07, 6.45) is 0.584. The Morgan fingerprint density at radius 1 is 1.03 bits per heavy atom. The van der Waals surface area contributed by atoms with Crippen LogP contribution in [0.15, 0.2) is 52.2 Å². The fraction of sp³-hybridized carbons (Fsp3) is 0.111. The Labute approximate surface area is 185 Å². The molecule has 0 saturated carbocycles. The summed E-state index contributed by atoms with van der Waals surface area (Å²) in [6, 6.07) is 6.71. The van der Waals surface area contributed by atoms with Gasteiger partial charge in [-0.05, 0) is 42.6 Å². The number of hydrogen-bond acceptors (Lipinski definition) is 9. The summed E-state index contributed by atoms with van der Waals surface area (Å²) in [5, 5.41) is 8.31. The van der Waals surface area contributed by atoms with Crippen LogP contribution in [0.3, 0.4) is 0 Å². The summed E-state index contributed by atoms with van der Waals surface area (Å²) in [6.45, 7) is 1.71. The average Bonchev–Trinajstić information content (AvgIpc) is 3.40. The second kappa shape index (κ2) is 9.68. The molecule has 10 nitrogen and oxygen atoms in total. The molecule has 3 rings (SSSR count). The van der Waals surface area contributed by atoms with Crippen LogP contribution in [-0.2, 0) is 14.8 Å². The number of carbonyl (C=O) groups excluding carboxylic acids is 3. The average molecular weight is 481 g/mol. The maximum Gasteiger partial charge on any atom is 0.414 e. The quantitative estimate of drug-likeness (QED) is 0.471. The Hall–Kier alpha value is -3.29. The van der Waals surface area contributed by atoms with Gasteiger partial charge >= 0.3 is 6.09 Å². The lowest BCUT2D eigenvalue weighted by atomic mass is 10.2. The highest BCUT2D eigenvalue weighted by Gasteiger charge is 2.20. The van der Waals surface area contributed by atoms with Gasteiger partial charge in [-0.15, -0.1) is 22.7 Å². The van der Waals surface area contributed by atoms with Crippen LogP contribution in [0.2, 0.25) is 0 Å². The number of thiazole rings is 1. The van der Waals surface area contributed by atoms with E-state index >= 15 is 0 Å². The molecule has 2 aromatic heterocycles. The van der Waals surface area contributed by atoms with Crippen LogP contribution in [0.1, 0.15) is 27.6 Å². The van der Waals surface area contributed by atoms with Crippen molar-refractivity contribution in [3.05, 3.63) is 58.4 Å². The second-order valence-corrected chi connectivity index (χ2v) is 9.25. The first-order valence-corrected chi connectivity index (χ1v) is 11.9. The zero-order valence-corrected chi connectivity index (χ0v) is 18.4. The van der Waals surface area contributed by atoms with Crippen LogP contribution < -0.4 is 15.4 Å². The summed E-state index contributed by atoms with van der Waals surface area (Å²) in [5.41, 5.74) is 0.275. The SMILES string of the molecule is CCOC(=O)NC(=O)c1ccsc1NC(=O)c1ccc(S(=O)(=O)Nc2nccs2)cc1. The monoisotopic (exact) mass is 480 g/mol. The van der Waals surface area contributed by atoms with Crippen LogP contribution in [0.4, 0.5) is 14.9 Å². The van der Waals surface area contributed by atoms with E-state index in [9.17, 15) is 22.8 Å². The topological polar surface area (TPSA) is 144 Å². The highest BCUT2D eigenvalue weighted by Crippen LogP contribution is 2.24. The zero-order valence-electron chi connectivity index (χ0n) is 15.9. The van der Waals surface area contributed by atoms with E-state index in [-0.39, 0.29) is 32.8 Å². The lowest BCUT2D eigenvalue weighted by Crippen LogP contribution is -2.31. The van der Waals surface area contributed by atoms with Crippen LogP contribution >= 0.6 is 22.7 Å². The number of thiophene rings is 1. The normalized spacial score (nSPS) is 10.9. The molecule has 3 N–H and O–H groups in total. The van der Waals surface area contributed by atoms with Crippen molar-refractivity contribution in [2.24, 2.45) is 0 Å². The lowest BCUT2D eigenvalue weighted by molar-refractivity contribution is 0.0926. The smallest absolute Gasteiger partial charge is 0.414 e. The van der Waals surface area contributed by atoms with E-state index in [2.05, 4.69) is 25.1 Å². The van der Waals surface area contributed by atoms with Gasteiger partial charge in [0.25, 0.3) is 21.8 Å². The molecule has 0 bridgehead atoms. The third-order valence-electron chi connectivity index (χ3n) is 3.71. The number of hydrogen-bond donors (Lipinski definition) is 3. The number of benzene rings is 1. The first kappa shape index (κ1) is 22.4. The van der Waals surface area contributed by atoms with Gasteiger partial charge in [0.1, 0.15) is 5.00 Å². The maximum atomic E-state index is 12.5. The van der Waals surface area contributed by atoms with E-state index in [0.717, 1.165) is 22.7 Å². The summed E-state index contributed by atoms with van der Waals surface area (Å²) in [4.78, 5) is 40.0. The molecule has 162 valence electrons. The maximum absolute atomic E-state index is 12.5. The van der Waals surface area contributed by atoms with Crippen molar-refractivity contribution in [1.82, 2.24) is 10.3 Å². The largest absolute Gasteiger partial charge is 0.450 e. The Balaban J connectivity index is 1.69. The molecule has 2 heterocycles. The number of nitrogens with one attached hydrogen (secondary N) is 3. The molecule has 31 heavy (non-hydrogen) atoms. The summed E-state index contributed by atoms with van der Waals surface area (Å²) < 4.78 is 31.7. The molecule has 0 unspecified atom stereocenters. The van der Waals surface area contributed by atoms with Gasteiger partial charge in [-0.25, -0.2) is 18.2 Å². The number of rotatable bonds is 7. The molecular formula is C18H16N4O6S3. The summed E-state index contributed by atoms with van der Waals surface area (Å²) >= 11 is 2.23. The van der Waals surface area contributed by atoms with E-state index < -0.39 is 27.9 Å². The predicted molar refractivity (Wildman–Crippen MR) is 116 cm³/mol. The number of imide groups is 1. The van der Waals surface area contributed by atoms with E-state index in [1.54, 1.807) is 17.7 Å². The summed E-state index contributed by atoms with van der Waals surface area (Å²) in [7, 11) is -3.84. The Morgan fingerprint density at radius 3 is 2.42 bits per heavy atom. The van der Waals surface area contributed by atoms with E-state index in [1.807, 2.05) is 0 Å². The van der Waals surface area contributed by atoms with Crippen LogP contribution in [-0.4, -0.2) is 37.9 Å². The molecule has 0 radical (unpaired) electrons. The Morgan fingerprint density at radius 2 is 1.77 bits per heavy atom. The van der Waals surface area contributed by atoms with Gasteiger partial charge in [0, 0.05) is 17.1 Å². The minimum Gasteiger partial charge on any atom is -0.450 e. The number of ether oxygens (including phenoxy) is 1. The molecule has 0 fully saturated rings. The lowest BCUT2D eigenvalue weighted by Gasteiger charge is -2.08.